The number of rotatable bonds is 0. The molecule has 0 radical (unpaired) electrons. The monoisotopic (exact) mass is 87.0 g/mol. The second kappa shape index (κ2) is 1.17. The summed E-state index contributed by atoms with van der Waals surface area (Å²) in [5, 5.41) is 1.53. The van der Waals surface area contributed by atoms with Crippen molar-refractivity contribution in [3.8, 4) is 0 Å². The molecule has 0 aliphatic heterocycles. The maximum absolute atomic E-state index is 6.80. The van der Waals surface area contributed by atoms with Crippen LogP contribution in [0.2, 0.25) is 0 Å². The first-order chi connectivity index (χ1) is 3.29. The molecule has 0 atom stereocenters. The molecule has 1 heterocycles. The van der Waals surface area contributed by atoms with Crippen LogP contribution >= 0.6 is 11.3 Å². The first kappa shape index (κ1) is 1.39. The number of hydrogen-bond donors (Lipinski definition) is 0. The Balaban J connectivity index is 3.04. The quantitative estimate of drug-likeness (QED) is 0.462. The summed E-state index contributed by atoms with van der Waals surface area (Å²) in [6.07, 6.45) is 0.190. The molecule has 0 N–H and O–H groups in total. The highest BCUT2D eigenvalue weighted by Crippen LogP contribution is 1.85. The molecule has 0 spiro atoms. The Morgan fingerprint density at radius 3 is 3.20 bits per heavy atom. The van der Waals surface area contributed by atoms with Gasteiger partial charge in [0.1, 0.15) is 0 Å². The predicted molar refractivity (Wildman–Crippen MR) is 22.1 cm³/mol. The van der Waals surface area contributed by atoms with E-state index in [1.165, 1.54) is 16.7 Å². The summed E-state index contributed by atoms with van der Waals surface area (Å²) in [6, 6.07) is 0. The molecular weight excluding hydrogens is 82.1 g/mol. The number of aromatic nitrogens is 1. The lowest BCUT2D eigenvalue weighted by Crippen LogP contribution is -1.38. The molecule has 0 unspecified atom stereocenters. The fourth-order valence-electron chi connectivity index (χ4n) is 0.132. The minimum atomic E-state index is 0.190. The lowest BCUT2D eigenvalue weighted by molar-refractivity contribution is 1.43. The van der Waals surface area contributed by atoms with E-state index < -0.39 is 0 Å². The van der Waals surface area contributed by atoms with Crippen molar-refractivity contribution in [2.24, 2.45) is 0 Å². The van der Waals surface area contributed by atoms with Gasteiger partial charge in [-0.2, -0.15) is 0 Å². The Bertz CT molecular complexity index is 145. The molecule has 1 rings (SSSR count). The third-order valence-corrected chi connectivity index (χ3v) is 0.694. The number of hydrogen-bond acceptors (Lipinski definition) is 2. The second-order valence-corrected chi connectivity index (χ2v) is 1.22. The highest BCUT2D eigenvalue weighted by Gasteiger charge is 1.59. The van der Waals surface area contributed by atoms with Crippen molar-refractivity contribution in [3.63, 3.8) is 0 Å². The fraction of sp³-hybridized carbons (Fsp3) is 0. The molecule has 0 aromatic carbocycles. The average molecular weight is 87.1 g/mol. The van der Waals surface area contributed by atoms with Gasteiger partial charge in [0, 0.05) is 11.6 Å². The zero-order valence-electron chi connectivity index (χ0n) is 4.43. The summed E-state index contributed by atoms with van der Waals surface area (Å²) < 4.78 is 13.6. The first-order valence-electron chi connectivity index (χ1n) is 2.18. The second-order valence-electron chi connectivity index (χ2n) is 0.568. The van der Waals surface area contributed by atoms with Crippen molar-refractivity contribution in [2.75, 3.05) is 0 Å². The largest absolute Gasteiger partial charge is 0.253 e. The van der Waals surface area contributed by atoms with E-state index in [4.69, 9.17) is 2.74 Å². The van der Waals surface area contributed by atoms with Gasteiger partial charge in [-0.1, -0.05) is 0 Å². The summed E-state index contributed by atoms with van der Waals surface area (Å²) in [7, 11) is 0. The van der Waals surface area contributed by atoms with Crippen LogP contribution in [0.3, 0.4) is 0 Å². The molecule has 0 saturated carbocycles. The van der Waals surface area contributed by atoms with Gasteiger partial charge in [-0.15, -0.1) is 11.3 Å². The molecule has 0 saturated heterocycles. The molecule has 26 valence electrons. The first-order valence-corrected chi connectivity index (χ1v) is 2.06. The summed E-state index contributed by atoms with van der Waals surface area (Å²) in [5.41, 5.74) is 0.213. The summed E-state index contributed by atoms with van der Waals surface area (Å²) in [4.78, 5) is 3.46. The molecule has 0 amide bonds. The van der Waals surface area contributed by atoms with Gasteiger partial charge in [0.05, 0.1) is 8.23 Å². The highest BCUT2D eigenvalue weighted by molar-refractivity contribution is 7.07. The topological polar surface area (TPSA) is 12.9 Å². The Morgan fingerprint density at radius 1 is 2.00 bits per heavy atom. The van der Waals surface area contributed by atoms with Crippen LogP contribution in [-0.4, -0.2) is 4.98 Å². The van der Waals surface area contributed by atoms with Crippen LogP contribution in [0.5, 0.6) is 0 Å². The smallest absolute Gasteiger partial charge is 0.0960 e. The molecule has 0 bridgehead atoms. The summed E-state index contributed by atoms with van der Waals surface area (Å²) >= 11 is 1.17. The van der Waals surface area contributed by atoms with E-state index in [1.807, 2.05) is 0 Å². The molecule has 0 fully saturated rings. The van der Waals surface area contributed by atoms with E-state index in [1.54, 1.807) is 0 Å². The highest BCUT2D eigenvalue weighted by atomic mass is 32.1. The third-order valence-electron chi connectivity index (χ3n) is 0.275. The van der Waals surface area contributed by atoms with Crippen LogP contribution in [0.4, 0.5) is 0 Å². The maximum Gasteiger partial charge on any atom is 0.0960 e. The van der Waals surface area contributed by atoms with Gasteiger partial charge in [0.25, 0.3) is 0 Å². The standard InChI is InChI=1S/C3H3NS/c1-2-5-3-4-1/h1-3H/i1D,3D. The van der Waals surface area contributed by atoms with E-state index in [0.29, 0.717) is 0 Å². The van der Waals surface area contributed by atoms with Crippen molar-refractivity contribution in [1.82, 2.24) is 4.98 Å². The van der Waals surface area contributed by atoms with E-state index in [0.717, 1.165) is 0 Å². The molecule has 1 nitrogen and oxygen atoms in total. The molecule has 1 aromatic rings. The summed E-state index contributed by atoms with van der Waals surface area (Å²) in [5.74, 6) is 0. The number of thiazole rings is 1. The van der Waals surface area contributed by atoms with Crippen LogP contribution in [0.15, 0.2) is 17.0 Å². The minimum Gasteiger partial charge on any atom is -0.253 e. The van der Waals surface area contributed by atoms with Gasteiger partial charge >= 0.3 is 0 Å². The Labute approximate surface area is 37.1 Å². The zero-order valence-corrected chi connectivity index (χ0v) is 3.25. The summed E-state index contributed by atoms with van der Waals surface area (Å²) in [6.45, 7) is 0. The normalized spacial score (nSPS) is 13.6. The molecule has 2 heteroatoms. The van der Waals surface area contributed by atoms with Crippen LogP contribution in [0.1, 0.15) is 2.74 Å². The predicted octanol–water partition coefficient (Wildman–Crippen LogP) is 1.14. The number of nitrogens with zero attached hydrogens (tertiary/aromatic N) is 1. The van der Waals surface area contributed by atoms with E-state index >= 15 is 0 Å². The van der Waals surface area contributed by atoms with Gasteiger partial charge in [0.15, 0.2) is 0 Å². The van der Waals surface area contributed by atoms with Gasteiger partial charge in [-0.3, -0.25) is 4.98 Å². The Morgan fingerprint density at radius 2 is 3.00 bits per heavy atom. The van der Waals surface area contributed by atoms with E-state index in [-0.39, 0.29) is 11.7 Å². The molecule has 0 aliphatic rings. The lowest BCUT2D eigenvalue weighted by Gasteiger charge is -1.41. The minimum absolute atomic E-state index is 0.190. The maximum atomic E-state index is 6.80. The van der Waals surface area contributed by atoms with Crippen molar-refractivity contribution >= 4 is 11.3 Å². The van der Waals surface area contributed by atoms with Crippen molar-refractivity contribution in [1.29, 1.82) is 0 Å². The van der Waals surface area contributed by atoms with Crippen LogP contribution in [0.25, 0.3) is 0 Å². The molecule has 0 aliphatic carbocycles. The van der Waals surface area contributed by atoms with Crippen molar-refractivity contribution < 1.29 is 2.74 Å². The van der Waals surface area contributed by atoms with Gasteiger partial charge in [0.2, 0.25) is 0 Å². The van der Waals surface area contributed by atoms with Crippen molar-refractivity contribution in [3.05, 3.63) is 17.0 Å². The van der Waals surface area contributed by atoms with E-state index in [2.05, 4.69) is 4.98 Å². The molecule has 5 heavy (non-hydrogen) atoms. The van der Waals surface area contributed by atoms with Gasteiger partial charge < -0.3 is 0 Å². The Hall–Kier alpha value is -0.370. The van der Waals surface area contributed by atoms with Crippen LogP contribution in [-0.2, 0) is 0 Å². The Kier molecular flexibility index (Phi) is 0.325. The van der Waals surface area contributed by atoms with Gasteiger partial charge in [-0.05, 0) is 0 Å². The van der Waals surface area contributed by atoms with Crippen LogP contribution in [0, 0.1) is 0 Å². The van der Waals surface area contributed by atoms with Gasteiger partial charge in [-0.25, -0.2) is 0 Å². The average Bonchev–Trinajstić information content (AvgIpc) is 1.87. The zero-order chi connectivity index (χ0) is 5.28. The lowest BCUT2D eigenvalue weighted by atomic mass is 11.0. The molecule has 1 aromatic heterocycles. The third kappa shape index (κ3) is 0.450. The molecular formula is C3H3NS. The fourth-order valence-corrected chi connectivity index (χ4v) is 0.395. The van der Waals surface area contributed by atoms with Crippen LogP contribution < -0.4 is 0 Å². The van der Waals surface area contributed by atoms with E-state index in [9.17, 15) is 0 Å². The van der Waals surface area contributed by atoms with Crippen molar-refractivity contribution in [2.45, 2.75) is 0 Å². The SMILES string of the molecule is [2H]c1csc([2H])n1.